The predicted molar refractivity (Wildman–Crippen MR) is 81.8 cm³/mol. The summed E-state index contributed by atoms with van der Waals surface area (Å²) >= 11 is 1.59. The van der Waals surface area contributed by atoms with E-state index in [2.05, 4.69) is 16.0 Å². The number of nitrogens with zero attached hydrogens (tertiary/aromatic N) is 2. The highest BCUT2D eigenvalue weighted by Gasteiger charge is 2.09. The smallest absolute Gasteiger partial charge is 0.187 e. The van der Waals surface area contributed by atoms with Gasteiger partial charge in [-0.3, -0.25) is 0 Å². The molecule has 2 N–H and O–H groups in total. The zero-order valence-corrected chi connectivity index (χ0v) is 12.6. The molecule has 0 spiro atoms. The Kier molecular flexibility index (Phi) is 5.38. The van der Waals surface area contributed by atoms with Crippen LogP contribution in [-0.2, 0) is 5.75 Å². The second kappa shape index (κ2) is 7.26. The first-order valence-corrected chi connectivity index (χ1v) is 7.60. The van der Waals surface area contributed by atoms with Gasteiger partial charge in [-0.15, -0.1) is 0 Å². The van der Waals surface area contributed by atoms with Gasteiger partial charge in [0.1, 0.15) is 5.75 Å². The van der Waals surface area contributed by atoms with Crippen LogP contribution < -0.4 is 10.5 Å². The minimum atomic E-state index is 0.0161. The zero-order valence-electron chi connectivity index (χ0n) is 11.7. The van der Waals surface area contributed by atoms with Gasteiger partial charge in [0.15, 0.2) is 5.16 Å². The predicted octanol–water partition coefficient (Wildman–Crippen LogP) is 3.19. The lowest BCUT2D eigenvalue weighted by molar-refractivity contribution is 0.337. The number of hydrogen-bond donors (Lipinski definition) is 1. The molecule has 0 aliphatic carbocycles. The molecule has 0 bridgehead atoms. The molecule has 1 aromatic carbocycles. The maximum absolute atomic E-state index is 5.94. The summed E-state index contributed by atoms with van der Waals surface area (Å²) in [5, 5.41) is 0.765. The molecule has 0 saturated heterocycles. The van der Waals surface area contributed by atoms with Gasteiger partial charge >= 0.3 is 0 Å². The lowest BCUT2D eigenvalue weighted by Crippen LogP contribution is -2.06. The highest BCUT2D eigenvalue weighted by atomic mass is 32.2. The third kappa shape index (κ3) is 3.95. The fourth-order valence-corrected chi connectivity index (χ4v) is 2.57. The Labute approximate surface area is 123 Å². The minimum absolute atomic E-state index is 0.0161. The van der Waals surface area contributed by atoms with Crippen LogP contribution in [0, 0.1) is 0 Å². The molecule has 2 aromatic rings. The van der Waals surface area contributed by atoms with Crippen molar-refractivity contribution in [3.05, 3.63) is 47.8 Å². The number of rotatable bonds is 6. The van der Waals surface area contributed by atoms with Crippen LogP contribution in [0.1, 0.15) is 31.0 Å². The summed E-state index contributed by atoms with van der Waals surface area (Å²) in [6, 6.07) is 7.94. The molecule has 5 heteroatoms. The number of nitrogens with two attached hydrogens (primary N) is 1. The number of benzene rings is 1. The van der Waals surface area contributed by atoms with Crippen LogP contribution in [0.25, 0.3) is 0 Å². The third-order valence-corrected chi connectivity index (χ3v) is 3.73. The van der Waals surface area contributed by atoms with Crippen molar-refractivity contribution in [3.63, 3.8) is 0 Å². The zero-order chi connectivity index (χ0) is 14.4. The molecule has 0 aliphatic rings. The van der Waals surface area contributed by atoms with Crippen LogP contribution in [0.3, 0.4) is 0 Å². The van der Waals surface area contributed by atoms with Gasteiger partial charge in [-0.05, 0) is 37.6 Å². The van der Waals surface area contributed by atoms with E-state index < -0.39 is 0 Å². The summed E-state index contributed by atoms with van der Waals surface area (Å²) in [6.07, 6.45) is 3.49. The molecular formula is C15H19N3OS. The van der Waals surface area contributed by atoms with Crippen molar-refractivity contribution in [3.8, 4) is 5.75 Å². The molecule has 1 atom stereocenters. The van der Waals surface area contributed by atoms with E-state index in [4.69, 9.17) is 10.5 Å². The van der Waals surface area contributed by atoms with E-state index in [1.807, 2.05) is 32.0 Å². The molecule has 4 nitrogen and oxygen atoms in total. The summed E-state index contributed by atoms with van der Waals surface area (Å²) in [7, 11) is 0. The lowest BCUT2D eigenvalue weighted by Gasteiger charge is -2.13. The number of ether oxygens (including phenoxy) is 1. The lowest BCUT2D eigenvalue weighted by atomic mass is 10.1. The Morgan fingerprint density at radius 1 is 1.30 bits per heavy atom. The Hall–Kier alpha value is -1.59. The molecule has 0 fully saturated rings. The van der Waals surface area contributed by atoms with Crippen LogP contribution in [0.5, 0.6) is 5.75 Å². The standard InChI is InChI=1S/C15H19N3OS/c1-3-19-14-6-5-12(11(2)16)9-13(14)10-20-15-17-7-4-8-18-15/h4-9,11H,3,10,16H2,1-2H3. The minimum Gasteiger partial charge on any atom is -0.494 e. The van der Waals surface area contributed by atoms with Crippen LogP contribution in [0.2, 0.25) is 0 Å². The van der Waals surface area contributed by atoms with E-state index >= 15 is 0 Å². The summed E-state index contributed by atoms with van der Waals surface area (Å²) < 4.78 is 5.67. The highest BCUT2D eigenvalue weighted by Crippen LogP contribution is 2.28. The second-order valence-electron chi connectivity index (χ2n) is 4.41. The highest BCUT2D eigenvalue weighted by molar-refractivity contribution is 7.98. The normalized spacial score (nSPS) is 12.2. The van der Waals surface area contributed by atoms with Gasteiger partial charge in [0, 0.05) is 29.8 Å². The molecule has 1 heterocycles. The van der Waals surface area contributed by atoms with Gasteiger partial charge in [-0.1, -0.05) is 17.8 Å². The summed E-state index contributed by atoms with van der Waals surface area (Å²) in [5.41, 5.74) is 8.18. The third-order valence-electron chi connectivity index (χ3n) is 2.81. The first kappa shape index (κ1) is 14.8. The van der Waals surface area contributed by atoms with E-state index in [0.29, 0.717) is 6.61 Å². The first-order valence-electron chi connectivity index (χ1n) is 6.61. The number of aromatic nitrogens is 2. The SMILES string of the molecule is CCOc1ccc(C(C)N)cc1CSc1ncccn1. The van der Waals surface area contributed by atoms with Crippen LogP contribution >= 0.6 is 11.8 Å². The molecule has 1 unspecified atom stereocenters. The summed E-state index contributed by atoms with van der Waals surface area (Å²) in [6.45, 7) is 4.61. The van der Waals surface area contributed by atoms with Crippen LogP contribution in [0.15, 0.2) is 41.8 Å². The maximum Gasteiger partial charge on any atom is 0.187 e. The maximum atomic E-state index is 5.94. The molecule has 0 saturated carbocycles. The van der Waals surface area contributed by atoms with Gasteiger partial charge in [0.2, 0.25) is 0 Å². The fraction of sp³-hybridized carbons (Fsp3) is 0.333. The van der Waals surface area contributed by atoms with Crippen LogP contribution in [0.4, 0.5) is 0 Å². The van der Waals surface area contributed by atoms with Crippen molar-refractivity contribution in [2.24, 2.45) is 5.73 Å². The van der Waals surface area contributed by atoms with Crippen molar-refractivity contribution >= 4 is 11.8 Å². The second-order valence-corrected chi connectivity index (χ2v) is 5.35. The van der Waals surface area contributed by atoms with E-state index in [0.717, 1.165) is 27.8 Å². The Balaban J connectivity index is 2.16. The summed E-state index contributed by atoms with van der Waals surface area (Å²) in [4.78, 5) is 8.43. The molecule has 0 aliphatic heterocycles. The van der Waals surface area contributed by atoms with Gasteiger partial charge in [0.05, 0.1) is 6.61 Å². The van der Waals surface area contributed by atoms with Crippen molar-refractivity contribution < 1.29 is 4.74 Å². The van der Waals surface area contributed by atoms with Gasteiger partial charge in [-0.25, -0.2) is 9.97 Å². The molecule has 2 rings (SSSR count). The summed E-state index contributed by atoms with van der Waals surface area (Å²) in [5.74, 6) is 1.67. The first-order chi connectivity index (χ1) is 9.70. The van der Waals surface area contributed by atoms with Crippen molar-refractivity contribution in [1.82, 2.24) is 9.97 Å². The number of thioether (sulfide) groups is 1. The molecule has 0 amide bonds. The quantitative estimate of drug-likeness (QED) is 0.653. The average molecular weight is 289 g/mol. The molecule has 106 valence electrons. The van der Waals surface area contributed by atoms with Gasteiger partial charge < -0.3 is 10.5 Å². The van der Waals surface area contributed by atoms with E-state index in [9.17, 15) is 0 Å². The van der Waals surface area contributed by atoms with E-state index in [-0.39, 0.29) is 6.04 Å². The molecular weight excluding hydrogens is 270 g/mol. The van der Waals surface area contributed by atoms with Gasteiger partial charge in [-0.2, -0.15) is 0 Å². The topological polar surface area (TPSA) is 61.0 Å². The number of hydrogen-bond acceptors (Lipinski definition) is 5. The monoisotopic (exact) mass is 289 g/mol. The largest absolute Gasteiger partial charge is 0.494 e. The Morgan fingerprint density at radius 2 is 2.05 bits per heavy atom. The van der Waals surface area contributed by atoms with Crippen LogP contribution in [-0.4, -0.2) is 16.6 Å². The van der Waals surface area contributed by atoms with Crippen molar-refractivity contribution in [2.75, 3.05) is 6.61 Å². The Bertz CT molecular complexity index is 546. The fourth-order valence-electron chi connectivity index (χ4n) is 1.79. The molecule has 0 radical (unpaired) electrons. The van der Waals surface area contributed by atoms with E-state index in [1.165, 1.54) is 0 Å². The average Bonchev–Trinajstić information content (AvgIpc) is 2.47. The molecule has 20 heavy (non-hydrogen) atoms. The van der Waals surface area contributed by atoms with Crippen molar-refractivity contribution in [2.45, 2.75) is 30.8 Å². The van der Waals surface area contributed by atoms with Gasteiger partial charge in [0.25, 0.3) is 0 Å². The molecule has 1 aromatic heterocycles. The Morgan fingerprint density at radius 3 is 2.70 bits per heavy atom. The van der Waals surface area contributed by atoms with Crippen molar-refractivity contribution in [1.29, 1.82) is 0 Å². The van der Waals surface area contributed by atoms with E-state index in [1.54, 1.807) is 24.2 Å².